The first kappa shape index (κ1) is 15.3. The molecule has 0 aromatic carbocycles. The van der Waals surface area contributed by atoms with Gasteiger partial charge in [-0.05, 0) is 42.9 Å². The smallest absolute Gasteiger partial charge is 0.150 e. The summed E-state index contributed by atoms with van der Waals surface area (Å²) < 4.78 is 28.5. The molecule has 0 bridgehead atoms. The zero-order chi connectivity index (χ0) is 13.9. The number of hydrogen-bond donors (Lipinski definition) is 1. The van der Waals surface area contributed by atoms with Crippen LogP contribution in [0.25, 0.3) is 0 Å². The Hall–Kier alpha value is -0.130. The van der Waals surface area contributed by atoms with Crippen LogP contribution in [-0.2, 0) is 14.6 Å². The van der Waals surface area contributed by atoms with Gasteiger partial charge in [-0.3, -0.25) is 0 Å². The molecule has 19 heavy (non-hydrogen) atoms. The van der Waals surface area contributed by atoms with Gasteiger partial charge in [-0.25, -0.2) is 8.42 Å². The van der Waals surface area contributed by atoms with Gasteiger partial charge in [0.2, 0.25) is 0 Å². The van der Waals surface area contributed by atoms with E-state index in [0.717, 1.165) is 38.0 Å². The molecule has 0 amide bonds. The molecule has 2 aliphatic carbocycles. The lowest BCUT2D eigenvalue weighted by Crippen LogP contribution is -2.36. The number of hydrogen-bond acceptors (Lipinski definition) is 4. The van der Waals surface area contributed by atoms with E-state index in [1.54, 1.807) is 14.0 Å². The normalized spacial score (nSPS) is 33.4. The average molecular weight is 289 g/mol. The van der Waals surface area contributed by atoms with Crippen molar-refractivity contribution in [3.05, 3.63) is 0 Å². The van der Waals surface area contributed by atoms with E-state index in [9.17, 15) is 8.42 Å². The third kappa shape index (κ3) is 4.17. The first-order valence-electron chi connectivity index (χ1n) is 7.40. The van der Waals surface area contributed by atoms with E-state index >= 15 is 0 Å². The second kappa shape index (κ2) is 6.10. The zero-order valence-electron chi connectivity index (χ0n) is 12.2. The minimum absolute atomic E-state index is 0.226. The van der Waals surface area contributed by atoms with Crippen LogP contribution in [0.4, 0.5) is 0 Å². The summed E-state index contributed by atoms with van der Waals surface area (Å²) in [4.78, 5) is 0. The predicted octanol–water partition coefficient (Wildman–Crippen LogP) is 1.46. The number of fused-ring (bicyclic) bond motifs is 1. The van der Waals surface area contributed by atoms with Crippen molar-refractivity contribution in [2.75, 3.05) is 38.3 Å². The van der Waals surface area contributed by atoms with E-state index in [-0.39, 0.29) is 11.2 Å². The molecular weight excluding hydrogens is 262 g/mol. The Morgan fingerprint density at radius 3 is 2.58 bits per heavy atom. The Morgan fingerprint density at radius 2 is 2.00 bits per heavy atom. The molecule has 112 valence electrons. The highest BCUT2D eigenvalue weighted by Crippen LogP contribution is 2.60. The standard InChI is InChI=1S/C14H27NO3S/c1-3-19(16,17)7-4-14(11-15-5-6-18-2)9-12-8-13(12)10-14/h12-13,15H,3-11H2,1-2H3. The first-order valence-corrected chi connectivity index (χ1v) is 9.22. The van der Waals surface area contributed by atoms with Crippen LogP contribution in [0.3, 0.4) is 0 Å². The lowest BCUT2D eigenvalue weighted by Gasteiger charge is -2.31. The summed E-state index contributed by atoms with van der Waals surface area (Å²) in [6, 6.07) is 0. The van der Waals surface area contributed by atoms with E-state index in [1.807, 2.05) is 0 Å². The van der Waals surface area contributed by atoms with Crippen LogP contribution < -0.4 is 5.32 Å². The van der Waals surface area contributed by atoms with E-state index in [4.69, 9.17) is 4.74 Å². The van der Waals surface area contributed by atoms with E-state index in [1.165, 1.54) is 19.3 Å². The van der Waals surface area contributed by atoms with Gasteiger partial charge >= 0.3 is 0 Å². The summed E-state index contributed by atoms with van der Waals surface area (Å²) in [5, 5.41) is 3.44. The monoisotopic (exact) mass is 289 g/mol. The van der Waals surface area contributed by atoms with Gasteiger partial charge in [0, 0.05) is 26.0 Å². The fraction of sp³-hybridized carbons (Fsp3) is 1.00. The number of nitrogens with one attached hydrogen (secondary N) is 1. The number of methoxy groups -OCH3 is 1. The van der Waals surface area contributed by atoms with Crippen molar-refractivity contribution in [1.82, 2.24) is 5.32 Å². The molecule has 4 nitrogen and oxygen atoms in total. The van der Waals surface area contributed by atoms with Gasteiger partial charge in [0.1, 0.15) is 9.84 Å². The topological polar surface area (TPSA) is 55.4 Å². The minimum atomic E-state index is -2.84. The molecule has 1 N–H and O–H groups in total. The number of ether oxygens (including phenoxy) is 1. The molecule has 0 aromatic heterocycles. The molecule has 2 rings (SSSR count). The van der Waals surface area contributed by atoms with Crippen molar-refractivity contribution < 1.29 is 13.2 Å². The molecule has 0 aliphatic heterocycles. The molecular formula is C14H27NO3S. The minimum Gasteiger partial charge on any atom is -0.383 e. The quantitative estimate of drug-likeness (QED) is 0.653. The summed E-state index contributed by atoms with van der Waals surface area (Å²) in [6.45, 7) is 4.26. The van der Waals surface area contributed by atoms with Crippen molar-refractivity contribution in [3.63, 3.8) is 0 Å². The maximum atomic E-state index is 11.7. The molecule has 5 heteroatoms. The summed E-state index contributed by atoms with van der Waals surface area (Å²) in [6.07, 6.45) is 4.64. The maximum absolute atomic E-state index is 11.7. The van der Waals surface area contributed by atoms with Crippen LogP contribution in [0.5, 0.6) is 0 Å². The van der Waals surface area contributed by atoms with Gasteiger partial charge in [0.15, 0.2) is 0 Å². The van der Waals surface area contributed by atoms with Gasteiger partial charge in [-0.1, -0.05) is 6.92 Å². The fourth-order valence-electron chi connectivity index (χ4n) is 3.49. The summed E-state index contributed by atoms with van der Waals surface area (Å²) in [7, 11) is -1.13. The molecule has 0 saturated heterocycles. The third-order valence-electron chi connectivity index (χ3n) is 4.83. The van der Waals surface area contributed by atoms with Crippen LogP contribution in [-0.4, -0.2) is 46.7 Å². The Balaban J connectivity index is 1.85. The number of sulfone groups is 1. The SMILES string of the molecule is CCS(=O)(=O)CCC1(CNCCOC)CC2CC2C1. The first-order chi connectivity index (χ1) is 9.00. The van der Waals surface area contributed by atoms with Gasteiger partial charge in [-0.2, -0.15) is 0 Å². The van der Waals surface area contributed by atoms with Crippen molar-refractivity contribution in [2.24, 2.45) is 17.3 Å². The van der Waals surface area contributed by atoms with Crippen molar-refractivity contribution >= 4 is 9.84 Å². The van der Waals surface area contributed by atoms with Crippen molar-refractivity contribution in [2.45, 2.75) is 32.6 Å². The lowest BCUT2D eigenvalue weighted by molar-refractivity contribution is 0.185. The molecule has 0 spiro atoms. The maximum Gasteiger partial charge on any atom is 0.150 e. The highest BCUT2D eigenvalue weighted by atomic mass is 32.2. The number of rotatable bonds is 9. The predicted molar refractivity (Wildman–Crippen MR) is 77.0 cm³/mol. The van der Waals surface area contributed by atoms with E-state index in [2.05, 4.69) is 5.32 Å². The van der Waals surface area contributed by atoms with E-state index < -0.39 is 9.84 Å². The summed E-state index contributed by atoms with van der Waals surface area (Å²) in [5.74, 6) is 2.39. The van der Waals surface area contributed by atoms with Crippen LogP contribution in [0.2, 0.25) is 0 Å². The fourth-order valence-corrected chi connectivity index (χ4v) is 4.52. The van der Waals surface area contributed by atoms with Gasteiger partial charge < -0.3 is 10.1 Å². The molecule has 0 aromatic rings. The largest absolute Gasteiger partial charge is 0.383 e. The zero-order valence-corrected chi connectivity index (χ0v) is 13.0. The van der Waals surface area contributed by atoms with Crippen LogP contribution in [0, 0.1) is 17.3 Å². The molecule has 2 fully saturated rings. The van der Waals surface area contributed by atoms with Crippen molar-refractivity contribution in [3.8, 4) is 0 Å². The average Bonchev–Trinajstić information content (AvgIpc) is 3.01. The Morgan fingerprint density at radius 1 is 1.32 bits per heavy atom. The van der Waals surface area contributed by atoms with E-state index in [0.29, 0.717) is 5.75 Å². The summed E-state index contributed by atoms with van der Waals surface area (Å²) in [5.41, 5.74) is 0.226. The molecule has 0 heterocycles. The van der Waals surface area contributed by atoms with Gasteiger partial charge in [-0.15, -0.1) is 0 Å². The molecule has 2 unspecified atom stereocenters. The van der Waals surface area contributed by atoms with Crippen LogP contribution in [0.1, 0.15) is 32.6 Å². The summed E-state index contributed by atoms with van der Waals surface area (Å²) >= 11 is 0. The second-order valence-corrected chi connectivity index (χ2v) is 8.79. The van der Waals surface area contributed by atoms with Crippen molar-refractivity contribution in [1.29, 1.82) is 0 Å². The highest BCUT2D eigenvalue weighted by molar-refractivity contribution is 7.91. The highest BCUT2D eigenvalue weighted by Gasteiger charge is 2.53. The van der Waals surface area contributed by atoms with Crippen LogP contribution >= 0.6 is 0 Å². The Bertz CT molecular complexity index is 383. The Kier molecular flexibility index (Phi) is 4.90. The van der Waals surface area contributed by atoms with Crippen LogP contribution in [0.15, 0.2) is 0 Å². The molecule has 2 saturated carbocycles. The molecule has 2 atom stereocenters. The molecule has 2 aliphatic rings. The Labute approximate surface area is 117 Å². The third-order valence-corrected chi connectivity index (χ3v) is 6.53. The van der Waals surface area contributed by atoms with Gasteiger partial charge in [0.05, 0.1) is 12.4 Å². The second-order valence-electron chi connectivity index (χ2n) is 6.32. The molecule has 0 radical (unpaired) electrons. The van der Waals surface area contributed by atoms with Gasteiger partial charge in [0.25, 0.3) is 0 Å². The lowest BCUT2D eigenvalue weighted by atomic mass is 9.80.